The Morgan fingerprint density at radius 3 is 2.57 bits per heavy atom. The predicted molar refractivity (Wildman–Crippen MR) is 217 cm³/mol. The minimum absolute atomic E-state index is 0.120. The number of hydrogen-bond donors (Lipinski definition) is 3. The second kappa shape index (κ2) is 14.3. The van der Waals surface area contributed by atoms with E-state index in [4.69, 9.17) is 28.9 Å². The van der Waals surface area contributed by atoms with Crippen LogP contribution in [0.1, 0.15) is 83.2 Å². The van der Waals surface area contributed by atoms with Gasteiger partial charge in [-0.3, -0.25) is 9.69 Å². The van der Waals surface area contributed by atoms with Crippen molar-refractivity contribution < 1.29 is 33.3 Å². The van der Waals surface area contributed by atoms with Crippen LogP contribution in [0.2, 0.25) is 0 Å². The zero-order valence-electron chi connectivity index (χ0n) is 34.0. The molecule has 0 radical (unpaired) electrons. The zero-order chi connectivity index (χ0) is 40.6. The van der Waals surface area contributed by atoms with Crippen LogP contribution in [0.15, 0.2) is 48.7 Å². The van der Waals surface area contributed by atoms with Crippen LogP contribution < -0.4 is 10.1 Å². The summed E-state index contributed by atoms with van der Waals surface area (Å²) < 4.78 is 22.5. The summed E-state index contributed by atoms with van der Waals surface area (Å²) >= 11 is 0. The van der Waals surface area contributed by atoms with Gasteiger partial charge >= 0.3 is 12.2 Å². The maximum absolute atomic E-state index is 13.9. The van der Waals surface area contributed by atoms with E-state index in [2.05, 4.69) is 51.7 Å². The number of piperidine rings is 1. The second-order valence-corrected chi connectivity index (χ2v) is 17.6. The fraction of sp³-hybridized carbons (Fsp3) is 0.477. The van der Waals surface area contributed by atoms with Crippen LogP contribution in [-0.4, -0.2) is 92.9 Å². The normalized spacial score (nSPS) is 22.7. The summed E-state index contributed by atoms with van der Waals surface area (Å²) in [6.07, 6.45) is 3.46. The third-order valence-electron chi connectivity index (χ3n) is 12.1. The lowest BCUT2D eigenvalue weighted by Gasteiger charge is -2.30. The lowest BCUT2D eigenvalue weighted by molar-refractivity contribution is -0.135. The lowest BCUT2D eigenvalue weighted by Crippen LogP contribution is -2.51. The van der Waals surface area contributed by atoms with E-state index < -0.39 is 17.7 Å². The number of H-pyrrole nitrogens is 2. The molecule has 0 spiro atoms. The van der Waals surface area contributed by atoms with Gasteiger partial charge in [0.05, 0.1) is 48.7 Å². The van der Waals surface area contributed by atoms with Gasteiger partial charge in [-0.15, -0.1) is 0 Å². The molecule has 2 aromatic heterocycles. The van der Waals surface area contributed by atoms with E-state index in [1.165, 1.54) is 7.11 Å². The molecular weight excluding hydrogens is 739 g/mol. The molecule has 14 nitrogen and oxygen atoms in total. The zero-order valence-corrected chi connectivity index (χ0v) is 34.0. The molecule has 1 aliphatic carbocycles. The van der Waals surface area contributed by atoms with E-state index in [0.29, 0.717) is 37.9 Å². The van der Waals surface area contributed by atoms with Gasteiger partial charge in [0.25, 0.3) is 0 Å². The molecule has 5 aromatic rings. The van der Waals surface area contributed by atoms with Gasteiger partial charge in [0.15, 0.2) is 0 Å². The quantitative estimate of drug-likeness (QED) is 0.143. The molecule has 58 heavy (non-hydrogen) atoms. The first-order chi connectivity index (χ1) is 27.8. The number of ether oxygens (including phenoxy) is 4. The fourth-order valence-electron chi connectivity index (χ4n) is 9.23. The van der Waals surface area contributed by atoms with E-state index in [1.54, 1.807) is 7.11 Å². The highest BCUT2D eigenvalue weighted by Crippen LogP contribution is 2.54. The van der Waals surface area contributed by atoms with E-state index in [0.717, 1.165) is 74.2 Å². The van der Waals surface area contributed by atoms with Crippen molar-refractivity contribution >= 4 is 39.9 Å². The number of methoxy groups -OCH3 is 2. The van der Waals surface area contributed by atoms with Crippen LogP contribution >= 0.6 is 0 Å². The third-order valence-corrected chi connectivity index (χ3v) is 12.1. The number of nitrogens with one attached hydrogen (secondary N) is 3. The number of hydrogen-bond acceptors (Lipinski definition) is 9. The number of imidazole rings is 2. The van der Waals surface area contributed by atoms with Gasteiger partial charge in [0.2, 0.25) is 5.91 Å². The minimum Gasteiger partial charge on any atom is -0.488 e. The van der Waals surface area contributed by atoms with Gasteiger partial charge < -0.3 is 39.1 Å². The fourth-order valence-corrected chi connectivity index (χ4v) is 9.23. The Bertz CT molecular complexity index is 2430. The van der Waals surface area contributed by atoms with Crippen molar-refractivity contribution in [3.05, 3.63) is 65.9 Å². The molecule has 2 saturated heterocycles. The maximum atomic E-state index is 13.9. The summed E-state index contributed by atoms with van der Waals surface area (Å²) in [5, 5.41) is 4.80. The molecule has 14 heteroatoms. The maximum Gasteiger partial charge on any atom is 0.411 e. The first-order valence-electron chi connectivity index (χ1n) is 20.2. The number of fused-ring (bicyclic) bond motifs is 7. The Kier molecular flexibility index (Phi) is 9.37. The van der Waals surface area contributed by atoms with Crippen molar-refractivity contribution in [2.45, 2.75) is 90.3 Å². The first kappa shape index (κ1) is 37.9. The van der Waals surface area contributed by atoms with Crippen LogP contribution in [-0.2, 0) is 25.6 Å². The van der Waals surface area contributed by atoms with Crippen molar-refractivity contribution in [1.29, 1.82) is 0 Å². The summed E-state index contributed by atoms with van der Waals surface area (Å²) in [5.74, 6) is 2.56. The molecule has 3 N–H and O–H groups in total. The number of carbonyl (C=O) groups excluding carboxylic acids is 3. The topological polar surface area (TPSA) is 164 Å². The number of carbonyl (C=O) groups is 3. The van der Waals surface area contributed by atoms with Gasteiger partial charge in [-0.25, -0.2) is 19.6 Å². The molecule has 0 bridgehead atoms. The van der Waals surface area contributed by atoms with Gasteiger partial charge in [0.1, 0.15) is 35.6 Å². The minimum atomic E-state index is -0.742. The number of aromatic amines is 2. The monoisotopic (exact) mass is 789 g/mol. The molecule has 6 atom stereocenters. The highest BCUT2D eigenvalue weighted by atomic mass is 16.6. The molecule has 3 aliphatic heterocycles. The van der Waals surface area contributed by atoms with Crippen LogP contribution in [0.25, 0.3) is 44.2 Å². The van der Waals surface area contributed by atoms with E-state index in [-0.39, 0.29) is 42.0 Å². The van der Waals surface area contributed by atoms with E-state index in [9.17, 15) is 14.4 Å². The average Bonchev–Trinajstić information content (AvgIpc) is 3.66. The van der Waals surface area contributed by atoms with Crippen LogP contribution in [0.3, 0.4) is 0 Å². The first-order valence-corrected chi connectivity index (χ1v) is 20.2. The van der Waals surface area contributed by atoms with Gasteiger partial charge in [-0.2, -0.15) is 0 Å². The molecule has 3 aromatic carbocycles. The average molecular weight is 790 g/mol. The summed E-state index contributed by atoms with van der Waals surface area (Å²) in [5.41, 5.74) is 6.17. The molecule has 304 valence electrons. The van der Waals surface area contributed by atoms with Crippen molar-refractivity contribution in [3.8, 4) is 28.1 Å². The predicted octanol–water partition coefficient (Wildman–Crippen LogP) is 7.65. The highest BCUT2D eigenvalue weighted by molar-refractivity contribution is 6.07. The van der Waals surface area contributed by atoms with Crippen molar-refractivity contribution in [2.24, 2.45) is 17.8 Å². The van der Waals surface area contributed by atoms with Gasteiger partial charge in [-0.1, -0.05) is 32.0 Å². The van der Waals surface area contributed by atoms with Gasteiger partial charge in [-0.05, 0) is 98.2 Å². The number of alkyl carbamates (subject to hydrolysis) is 1. The lowest BCUT2D eigenvalue weighted by atomic mass is 9.92. The Morgan fingerprint density at radius 1 is 0.983 bits per heavy atom. The number of aromatic nitrogens is 4. The number of amides is 3. The molecular formula is C44H51N7O7. The van der Waals surface area contributed by atoms with Crippen molar-refractivity contribution in [3.63, 3.8) is 0 Å². The van der Waals surface area contributed by atoms with Gasteiger partial charge in [0, 0.05) is 36.6 Å². The number of likely N-dealkylation sites (tertiary alicyclic amines) is 2. The van der Waals surface area contributed by atoms with E-state index >= 15 is 0 Å². The molecule has 1 saturated carbocycles. The van der Waals surface area contributed by atoms with E-state index in [1.807, 2.05) is 56.7 Å². The van der Waals surface area contributed by atoms with Crippen LogP contribution in [0, 0.1) is 17.8 Å². The third kappa shape index (κ3) is 6.80. The number of nitrogens with zero attached hydrogens (tertiary/aromatic N) is 4. The molecule has 4 aliphatic rings. The molecule has 5 heterocycles. The van der Waals surface area contributed by atoms with Crippen LogP contribution in [0.5, 0.6) is 5.75 Å². The number of rotatable bonds is 8. The largest absolute Gasteiger partial charge is 0.488 e. The second-order valence-electron chi connectivity index (χ2n) is 17.6. The molecule has 1 unspecified atom stereocenters. The van der Waals surface area contributed by atoms with Crippen molar-refractivity contribution in [2.75, 3.05) is 27.4 Å². The Balaban J connectivity index is 0.975. The highest BCUT2D eigenvalue weighted by Gasteiger charge is 2.56. The Morgan fingerprint density at radius 2 is 1.81 bits per heavy atom. The van der Waals surface area contributed by atoms with Crippen LogP contribution in [0.4, 0.5) is 9.59 Å². The molecule has 3 amide bonds. The summed E-state index contributed by atoms with van der Waals surface area (Å²) in [6, 6.07) is 13.8. The SMILES string of the molecule is COC[C@H]1CC(c2ncc(-c3ccc4c(c3)COc3cc5c(ccc6nc([C@@H]7C[C@H]8C[C@H]8N7C(=O)OC(C)(C)C)[nH]c65)cc3-4)[nH]2)N(C(=O)[C@@H](NC(=O)OC)C(C)C)C1. The standard InChI is InChI=1S/C44H51N7O7/c1-22(2)37(49-42(53)56-7)41(52)50-19-23(20-55-6)12-34(50)39-45-18-32(47-39)25-8-10-28-27(13-25)21-57-36-17-29-24(14-30(28)36)9-11-31-38(29)48-40(46-31)35-16-26-15-33(26)51(35)43(54)58-44(3,4)5/h8-11,13-14,17-18,22-23,26,33-35,37H,12,15-16,19-21H2,1-7H3,(H,45,47)(H,46,48)(H,49,53)/t23-,26+,33+,34?,35-,37-/m0/s1. The Labute approximate surface area is 337 Å². The van der Waals surface area contributed by atoms with Crippen molar-refractivity contribution in [1.82, 2.24) is 35.1 Å². The number of benzene rings is 3. The summed E-state index contributed by atoms with van der Waals surface area (Å²) in [4.78, 5) is 60.0. The molecule has 3 fully saturated rings. The molecule has 9 rings (SSSR count). The summed E-state index contributed by atoms with van der Waals surface area (Å²) in [7, 11) is 2.95. The Hall–Kier alpha value is -5.63. The smallest absolute Gasteiger partial charge is 0.411 e. The summed E-state index contributed by atoms with van der Waals surface area (Å²) in [6.45, 7) is 10.9.